The molecule has 0 bridgehead atoms. The van der Waals surface area contributed by atoms with Gasteiger partial charge in [0.2, 0.25) is 0 Å². The van der Waals surface area contributed by atoms with Crippen LogP contribution in [0.4, 0.5) is 4.39 Å². The summed E-state index contributed by atoms with van der Waals surface area (Å²) in [5.74, 6) is 0.873. The molecule has 0 N–H and O–H groups in total. The molecule has 33 heavy (non-hydrogen) atoms. The quantitative estimate of drug-likeness (QED) is 0.510. The number of ether oxygens (including phenoxy) is 1. The number of carbonyl (C=O) groups is 1. The van der Waals surface area contributed by atoms with E-state index in [1.54, 1.807) is 24.0 Å². The van der Waals surface area contributed by atoms with Gasteiger partial charge in [-0.25, -0.2) is 4.39 Å². The molecule has 0 spiro atoms. The SMILES string of the molecule is Cc1cccc(C)c1OCc1c(C(=O)N2CCN(Cc3c(F)cccc3Cl)CC2)noc1C. The predicted octanol–water partition coefficient (Wildman–Crippen LogP) is 4.93. The van der Waals surface area contributed by atoms with E-state index in [1.807, 2.05) is 32.0 Å². The molecule has 0 unspecified atom stereocenters. The van der Waals surface area contributed by atoms with Crippen LogP contribution in [-0.2, 0) is 13.2 Å². The van der Waals surface area contributed by atoms with Gasteiger partial charge < -0.3 is 14.2 Å². The largest absolute Gasteiger partial charge is 0.488 e. The number of carbonyl (C=O) groups excluding carboxylic acids is 1. The number of rotatable bonds is 6. The van der Waals surface area contributed by atoms with Crippen LogP contribution in [0, 0.1) is 26.6 Å². The van der Waals surface area contributed by atoms with Crippen LogP contribution in [0.15, 0.2) is 40.9 Å². The first-order valence-corrected chi connectivity index (χ1v) is 11.3. The fourth-order valence-corrected chi connectivity index (χ4v) is 4.29. The van der Waals surface area contributed by atoms with Crippen molar-refractivity contribution in [3.63, 3.8) is 0 Å². The molecule has 1 fully saturated rings. The summed E-state index contributed by atoms with van der Waals surface area (Å²) >= 11 is 6.16. The second kappa shape index (κ2) is 9.93. The zero-order chi connectivity index (χ0) is 23.5. The maximum Gasteiger partial charge on any atom is 0.276 e. The van der Waals surface area contributed by atoms with E-state index in [4.69, 9.17) is 20.9 Å². The number of amides is 1. The second-order valence-electron chi connectivity index (χ2n) is 8.34. The van der Waals surface area contributed by atoms with Crippen LogP contribution >= 0.6 is 11.6 Å². The number of benzene rings is 2. The molecule has 1 aliphatic rings. The first-order chi connectivity index (χ1) is 15.8. The van der Waals surface area contributed by atoms with Crippen molar-refractivity contribution in [1.82, 2.24) is 15.0 Å². The normalized spacial score (nSPS) is 14.5. The molecule has 2 aromatic carbocycles. The van der Waals surface area contributed by atoms with E-state index in [0.29, 0.717) is 54.6 Å². The minimum Gasteiger partial charge on any atom is -0.488 e. The van der Waals surface area contributed by atoms with Gasteiger partial charge in [-0.3, -0.25) is 9.69 Å². The van der Waals surface area contributed by atoms with Gasteiger partial charge in [0, 0.05) is 43.3 Å². The summed E-state index contributed by atoms with van der Waals surface area (Å²) in [6.45, 7) is 8.61. The second-order valence-corrected chi connectivity index (χ2v) is 8.75. The highest BCUT2D eigenvalue weighted by Crippen LogP contribution is 2.26. The summed E-state index contributed by atoms with van der Waals surface area (Å²) in [4.78, 5) is 17.0. The lowest BCUT2D eigenvalue weighted by molar-refractivity contribution is 0.0615. The van der Waals surface area contributed by atoms with Crippen molar-refractivity contribution in [2.45, 2.75) is 33.9 Å². The molecule has 0 atom stereocenters. The summed E-state index contributed by atoms with van der Waals surface area (Å²) in [5, 5.41) is 4.45. The minimum atomic E-state index is -0.312. The average molecular weight is 472 g/mol. The number of nitrogens with zero attached hydrogens (tertiary/aromatic N) is 3. The van der Waals surface area contributed by atoms with Gasteiger partial charge in [-0.1, -0.05) is 41.0 Å². The summed E-state index contributed by atoms with van der Waals surface area (Å²) in [7, 11) is 0. The Kier molecular flexibility index (Phi) is 7.00. The zero-order valence-corrected chi connectivity index (χ0v) is 19.8. The molecule has 6 nitrogen and oxygen atoms in total. The van der Waals surface area contributed by atoms with Gasteiger partial charge >= 0.3 is 0 Å². The standard InChI is InChI=1S/C25H27ClFN3O3/c1-16-6-4-7-17(2)24(16)32-15-20-18(3)33-28-23(20)25(31)30-12-10-29(11-13-30)14-19-21(26)8-5-9-22(19)27/h4-9H,10-15H2,1-3H3. The van der Waals surface area contributed by atoms with Crippen molar-refractivity contribution in [2.24, 2.45) is 0 Å². The molecule has 0 radical (unpaired) electrons. The molecule has 2 heterocycles. The molecule has 4 rings (SSSR count). The molecule has 1 aromatic heterocycles. The number of para-hydroxylation sites is 1. The van der Waals surface area contributed by atoms with Gasteiger partial charge in [0.1, 0.15) is 23.9 Å². The first kappa shape index (κ1) is 23.3. The average Bonchev–Trinajstić information content (AvgIpc) is 3.16. The third-order valence-corrected chi connectivity index (χ3v) is 6.41. The van der Waals surface area contributed by atoms with E-state index in [9.17, 15) is 9.18 Å². The van der Waals surface area contributed by atoms with Crippen molar-refractivity contribution in [1.29, 1.82) is 0 Å². The fraction of sp³-hybridized carbons (Fsp3) is 0.360. The molecule has 3 aromatic rings. The highest BCUT2D eigenvalue weighted by atomic mass is 35.5. The number of halogens is 2. The van der Waals surface area contributed by atoms with Crippen LogP contribution in [0.5, 0.6) is 5.75 Å². The molecule has 0 saturated carbocycles. The monoisotopic (exact) mass is 471 g/mol. The van der Waals surface area contributed by atoms with Crippen LogP contribution in [0.1, 0.15) is 38.5 Å². The van der Waals surface area contributed by atoms with Crippen LogP contribution in [0.3, 0.4) is 0 Å². The molecule has 8 heteroatoms. The van der Waals surface area contributed by atoms with Gasteiger partial charge in [-0.15, -0.1) is 0 Å². The van der Waals surface area contributed by atoms with Crippen molar-refractivity contribution < 1.29 is 18.4 Å². The van der Waals surface area contributed by atoms with E-state index in [-0.39, 0.29) is 24.0 Å². The lowest BCUT2D eigenvalue weighted by atomic mass is 10.1. The Bertz CT molecular complexity index is 1120. The Hall–Kier alpha value is -2.90. The minimum absolute atomic E-state index is 0.185. The van der Waals surface area contributed by atoms with E-state index in [1.165, 1.54) is 6.07 Å². The molecule has 0 aliphatic carbocycles. The summed E-state index contributed by atoms with van der Waals surface area (Å²) in [5.41, 5.74) is 3.48. The fourth-order valence-electron chi connectivity index (χ4n) is 4.07. The maximum atomic E-state index is 14.1. The third kappa shape index (κ3) is 5.04. The van der Waals surface area contributed by atoms with E-state index in [0.717, 1.165) is 16.9 Å². The van der Waals surface area contributed by atoms with Gasteiger partial charge in [0.15, 0.2) is 5.69 Å². The Morgan fingerprint density at radius 3 is 2.39 bits per heavy atom. The number of hydrogen-bond donors (Lipinski definition) is 0. The summed E-state index contributed by atoms with van der Waals surface area (Å²) < 4.78 is 25.5. The molecule has 1 amide bonds. The molecule has 1 aliphatic heterocycles. The van der Waals surface area contributed by atoms with E-state index >= 15 is 0 Å². The van der Waals surface area contributed by atoms with Crippen molar-refractivity contribution >= 4 is 17.5 Å². The molecular weight excluding hydrogens is 445 g/mol. The van der Waals surface area contributed by atoms with Crippen molar-refractivity contribution in [3.8, 4) is 5.75 Å². The van der Waals surface area contributed by atoms with E-state index in [2.05, 4.69) is 10.1 Å². The number of aryl methyl sites for hydroxylation is 3. The molecule has 1 saturated heterocycles. The predicted molar refractivity (Wildman–Crippen MR) is 124 cm³/mol. The highest BCUT2D eigenvalue weighted by molar-refractivity contribution is 6.31. The summed E-state index contributed by atoms with van der Waals surface area (Å²) in [6, 6.07) is 10.7. The zero-order valence-electron chi connectivity index (χ0n) is 19.0. The Morgan fingerprint density at radius 2 is 1.73 bits per heavy atom. The van der Waals surface area contributed by atoms with Crippen LogP contribution in [0.25, 0.3) is 0 Å². The first-order valence-electron chi connectivity index (χ1n) is 10.9. The van der Waals surface area contributed by atoms with Gasteiger partial charge in [-0.05, 0) is 44.0 Å². The number of aromatic nitrogens is 1. The number of piperazine rings is 1. The topological polar surface area (TPSA) is 58.8 Å². The Morgan fingerprint density at radius 1 is 1.06 bits per heavy atom. The van der Waals surface area contributed by atoms with Crippen LogP contribution in [0.2, 0.25) is 5.02 Å². The molecular formula is C25H27ClFN3O3. The Labute approximate surface area is 197 Å². The van der Waals surface area contributed by atoms with Crippen LogP contribution < -0.4 is 4.74 Å². The van der Waals surface area contributed by atoms with Gasteiger partial charge in [0.25, 0.3) is 5.91 Å². The summed E-state index contributed by atoms with van der Waals surface area (Å²) in [6.07, 6.45) is 0. The van der Waals surface area contributed by atoms with Gasteiger partial charge in [0.05, 0.1) is 5.56 Å². The number of hydrogen-bond acceptors (Lipinski definition) is 5. The molecule has 174 valence electrons. The van der Waals surface area contributed by atoms with E-state index < -0.39 is 0 Å². The van der Waals surface area contributed by atoms with Crippen molar-refractivity contribution in [2.75, 3.05) is 26.2 Å². The van der Waals surface area contributed by atoms with Crippen LogP contribution in [-0.4, -0.2) is 47.0 Å². The lowest BCUT2D eigenvalue weighted by Gasteiger charge is -2.34. The van der Waals surface area contributed by atoms with Crippen molar-refractivity contribution in [3.05, 3.63) is 80.9 Å². The smallest absolute Gasteiger partial charge is 0.276 e. The lowest BCUT2D eigenvalue weighted by Crippen LogP contribution is -2.48. The third-order valence-electron chi connectivity index (χ3n) is 6.06. The highest BCUT2D eigenvalue weighted by Gasteiger charge is 2.28. The maximum absolute atomic E-state index is 14.1. The van der Waals surface area contributed by atoms with Gasteiger partial charge in [-0.2, -0.15) is 0 Å². The Balaban J connectivity index is 1.40.